The Hall–Kier alpha value is -2.11. The van der Waals surface area contributed by atoms with Crippen LogP contribution in [0, 0.1) is 0 Å². The van der Waals surface area contributed by atoms with Gasteiger partial charge in [0.2, 0.25) is 0 Å². The average molecular weight is 499 g/mol. The maximum absolute atomic E-state index is 12.1. The highest BCUT2D eigenvalue weighted by Crippen LogP contribution is 2.43. The molecule has 1 saturated heterocycles. The van der Waals surface area contributed by atoms with Gasteiger partial charge in [-0.3, -0.25) is 5.10 Å². The highest BCUT2D eigenvalue weighted by atomic mass is 32.2. The van der Waals surface area contributed by atoms with Crippen LogP contribution in [0.25, 0.3) is 27.9 Å². The zero-order valence-electron chi connectivity index (χ0n) is 19.8. The van der Waals surface area contributed by atoms with Crippen LogP contribution in [0.5, 0.6) is 0 Å². The summed E-state index contributed by atoms with van der Waals surface area (Å²) in [6, 6.07) is 6.09. The van der Waals surface area contributed by atoms with Crippen molar-refractivity contribution in [3.05, 3.63) is 35.7 Å². The summed E-state index contributed by atoms with van der Waals surface area (Å²) in [7, 11) is 1.93. The Morgan fingerprint density at radius 2 is 2.09 bits per heavy atom. The van der Waals surface area contributed by atoms with Crippen molar-refractivity contribution in [1.82, 2.24) is 24.5 Å². The first kappa shape index (κ1) is 23.6. The van der Waals surface area contributed by atoms with E-state index in [1.54, 1.807) is 0 Å². The van der Waals surface area contributed by atoms with Gasteiger partial charge in [-0.2, -0.15) is 5.10 Å². The molecule has 2 aromatic heterocycles. The largest absolute Gasteiger partial charge is 0.598 e. The molecule has 180 valence electrons. The fourth-order valence-corrected chi connectivity index (χ4v) is 6.46. The molecule has 8 nitrogen and oxygen atoms in total. The lowest BCUT2D eigenvalue weighted by atomic mass is 10.0. The molecule has 3 aromatic rings. The Labute approximate surface area is 207 Å². The smallest absolute Gasteiger partial charge is 0.162 e. The summed E-state index contributed by atoms with van der Waals surface area (Å²) in [6.07, 6.45) is 2.72. The van der Waals surface area contributed by atoms with Crippen molar-refractivity contribution in [1.29, 1.82) is 0 Å². The SMILES string of the molecule is CC[S+]([O-])N(C)CCC1=C(C)c2nc(-c3cccc4[nH]ncc34)nc(N3CCOCC3)c2SC1. The van der Waals surface area contributed by atoms with E-state index in [-0.39, 0.29) is 0 Å². The number of nitrogens with one attached hydrogen (secondary N) is 1. The van der Waals surface area contributed by atoms with E-state index in [0.29, 0.717) is 19.0 Å². The number of rotatable bonds is 7. The molecule has 1 aromatic carbocycles. The number of aromatic nitrogens is 4. The molecule has 0 spiro atoms. The molecule has 34 heavy (non-hydrogen) atoms. The third-order valence-corrected chi connectivity index (χ3v) is 9.01. The van der Waals surface area contributed by atoms with Crippen LogP contribution >= 0.6 is 11.8 Å². The zero-order chi connectivity index (χ0) is 23.7. The third kappa shape index (κ3) is 4.57. The second kappa shape index (κ2) is 10.2. The number of ether oxygens (including phenoxy) is 1. The number of hydrogen-bond donors (Lipinski definition) is 1. The van der Waals surface area contributed by atoms with E-state index in [1.165, 1.54) is 11.1 Å². The lowest BCUT2D eigenvalue weighted by molar-refractivity contribution is 0.122. The Kier molecular flexibility index (Phi) is 7.12. The van der Waals surface area contributed by atoms with Gasteiger partial charge in [-0.25, -0.2) is 9.97 Å². The molecule has 1 atom stereocenters. The number of hydrogen-bond acceptors (Lipinski definition) is 8. The zero-order valence-corrected chi connectivity index (χ0v) is 21.5. The lowest BCUT2D eigenvalue weighted by Crippen LogP contribution is -2.37. The summed E-state index contributed by atoms with van der Waals surface area (Å²) in [5.41, 5.74) is 5.53. The van der Waals surface area contributed by atoms with E-state index in [9.17, 15) is 4.55 Å². The predicted octanol–water partition coefficient (Wildman–Crippen LogP) is 3.74. The maximum atomic E-state index is 12.1. The van der Waals surface area contributed by atoms with Crippen molar-refractivity contribution < 1.29 is 9.29 Å². The minimum atomic E-state index is -0.927. The fourth-order valence-electron chi connectivity index (χ4n) is 4.41. The van der Waals surface area contributed by atoms with Gasteiger partial charge < -0.3 is 14.2 Å². The lowest BCUT2D eigenvalue weighted by Gasteiger charge is -2.32. The number of H-pyrrole nitrogens is 1. The second-order valence-electron chi connectivity index (χ2n) is 8.51. The van der Waals surface area contributed by atoms with Crippen LogP contribution in [0.1, 0.15) is 26.0 Å². The van der Waals surface area contributed by atoms with Crippen LogP contribution in [0.2, 0.25) is 0 Å². The molecule has 1 N–H and O–H groups in total. The number of allylic oxidation sites excluding steroid dienone is 1. The van der Waals surface area contributed by atoms with Gasteiger partial charge in [-0.15, -0.1) is 16.1 Å². The molecule has 0 saturated carbocycles. The summed E-state index contributed by atoms with van der Waals surface area (Å²) < 4.78 is 19.7. The first-order valence-corrected chi connectivity index (χ1v) is 13.9. The first-order chi connectivity index (χ1) is 16.6. The van der Waals surface area contributed by atoms with Crippen molar-refractivity contribution in [3.63, 3.8) is 0 Å². The van der Waals surface area contributed by atoms with E-state index < -0.39 is 11.4 Å². The summed E-state index contributed by atoms with van der Waals surface area (Å²) in [5.74, 6) is 3.27. The van der Waals surface area contributed by atoms with Gasteiger partial charge in [0, 0.05) is 54.7 Å². The standard InChI is InChI=1S/C24H30N6O2S2/c1-4-34(31)29(3)9-8-17-15-33-22-21(16(17)2)26-23(27-24(22)30-10-12-32-13-11-30)18-6-5-7-20-19(18)14-25-28-20/h5-7,14H,4,8-13,15H2,1-3H3,(H,25,28). The van der Waals surface area contributed by atoms with Crippen molar-refractivity contribution in [2.75, 3.05) is 56.3 Å². The minimum absolute atomic E-state index is 0.644. The molecular formula is C24H30N6O2S2. The molecule has 2 aliphatic rings. The number of morpholine rings is 1. The predicted molar refractivity (Wildman–Crippen MR) is 139 cm³/mol. The normalized spacial score (nSPS) is 17.5. The van der Waals surface area contributed by atoms with Crippen LogP contribution in [-0.2, 0) is 16.1 Å². The van der Waals surface area contributed by atoms with E-state index in [0.717, 1.165) is 70.5 Å². The monoisotopic (exact) mass is 498 g/mol. The van der Waals surface area contributed by atoms with Crippen LogP contribution in [0.3, 0.4) is 0 Å². The maximum Gasteiger partial charge on any atom is 0.162 e. The van der Waals surface area contributed by atoms with Crippen molar-refractivity contribution in [3.8, 4) is 11.4 Å². The molecule has 1 unspecified atom stereocenters. The quantitative estimate of drug-likeness (QED) is 0.493. The minimum Gasteiger partial charge on any atom is -0.598 e. The highest BCUT2D eigenvalue weighted by molar-refractivity contribution is 7.99. The van der Waals surface area contributed by atoms with Gasteiger partial charge in [0.25, 0.3) is 0 Å². The average Bonchev–Trinajstić information content (AvgIpc) is 3.37. The summed E-state index contributed by atoms with van der Waals surface area (Å²) in [4.78, 5) is 13.7. The van der Waals surface area contributed by atoms with E-state index in [4.69, 9.17) is 14.7 Å². The second-order valence-corrected chi connectivity index (χ2v) is 11.3. The van der Waals surface area contributed by atoms with Gasteiger partial charge >= 0.3 is 0 Å². The molecule has 0 amide bonds. The highest BCUT2D eigenvalue weighted by Gasteiger charge is 2.28. The van der Waals surface area contributed by atoms with Crippen LogP contribution < -0.4 is 4.90 Å². The molecule has 0 aliphatic carbocycles. The molecule has 2 aliphatic heterocycles. The van der Waals surface area contributed by atoms with Crippen LogP contribution in [0.4, 0.5) is 5.82 Å². The number of anilines is 1. The summed E-state index contributed by atoms with van der Waals surface area (Å²) in [6.45, 7) is 7.95. The molecular weight excluding hydrogens is 468 g/mol. The van der Waals surface area contributed by atoms with E-state index >= 15 is 0 Å². The van der Waals surface area contributed by atoms with Crippen molar-refractivity contribution >= 4 is 45.4 Å². The number of benzene rings is 1. The van der Waals surface area contributed by atoms with Gasteiger partial charge in [0.1, 0.15) is 11.6 Å². The Balaban J connectivity index is 1.58. The van der Waals surface area contributed by atoms with Crippen LogP contribution in [0.15, 0.2) is 34.9 Å². The topological polar surface area (TPSA) is 93.2 Å². The molecule has 0 radical (unpaired) electrons. The third-order valence-electron chi connectivity index (χ3n) is 6.48. The molecule has 4 heterocycles. The van der Waals surface area contributed by atoms with Gasteiger partial charge in [-0.1, -0.05) is 17.7 Å². The summed E-state index contributed by atoms with van der Waals surface area (Å²) in [5, 5.41) is 8.30. The molecule has 10 heteroatoms. The number of aromatic amines is 1. The van der Waals surface area contributed by atoms with Gasteiger partial charge in [-0.05, 0) is 31.9 Å². The molecule has 5 rings (SSSR count). The Morgan fingerprint density at radius 3 is 2.88 bits per heavy atom. The number of nitrogens with zero attached hydrogens (tertiary/aromatic N) is 5. The van der Waals surface area contributed by atoms with Crippen molar-refractivity contribution in [2.45, 2.75) is 25.2 Å². The van der Waals surface area contributed by atoms with Gasteiger partial charge in [0.05, 0.1) is 35.5 Å². The number of fused-ring (bicyclic) bond motifs is 2. The van der Waals surface area contributed by atoms with Crippen molar-refractivity contribution in [2.24, 2.45) is 0 Å². The summed E-state index contributed by atoms with van der Waals surface area (Å²) >= 11 is 0.891. The number of thioether (sulfide) groups is 1. The molecule has 1 fully saturated rings. The molecule has 0 bridgehead atoms. The fraction of sp³-hybridized carbons (Fsp3) is 0.458. The van der Waals surface area contributed by atoms with E-state index in [2.05, 4.69) is 28.1 Å². The van der Waals surface area contributed by atoms with Gasteiger partial charge in [0.15, 0.2) is 5.82 Å². The van der Waals surface area contributed by atoms with Crippen LogP contribution in [-0.4, -0.2) is 80.4 Å². The first-order valence-electron chi connectivity index (χ1n) is 11.7. The Bertz CT molecular complexity index is 1210. The Morgan fingerprint density at radius 1 is 1.26 bits per heavy atom. The van der Waals surface area contributed by atoms with E-state index in [1.807, 2.05) is 48.4 Å².